The highest BCUT2D eigenvalue weighted by atomic mass is 14.3. The molecule has 0 nitrogen and oxygen atoms in total. The van der Waals surface area contributed by atoms with E-state index in [4.69, 9.17) is 0 Å². The van der Waals surface area contributed by atoms with E-state index in [0.29, 0.717) is 23.7 Å². The minimum atomic E-state index is 0.571. The van der Waals surface area contributed by atoms with Crippen LogP contribution < -0.4 is 0 Å². The van der Waals surface area contributed by atoms with Crippen LogP contribution in [-0.2, 0) is 0 Å². The Morgan fingerprint density at radius 2 is 0.873 bits per heavy atom. The zero-order valence-electron chi connectivity index (χ0n) is 32.2. The molecule has 6 aromatic carbocycles. The Bertz CT molecular complexity index is 2370. The molecule has 0 heteroatoms. The van der Waals surface area contributed by atoms with Crippen LogP contribution in [0.3, 0.4) is 0 Å². The van der Waals surface area contributed by atoms with Gasteiger partial charge in [0.1, 0.15) is 0 Å². The summed E-state index contributed by atoms with van der Waals surface area (Å²) in [5.74, 6) is 2.39. The predicted octanol–water partition coefficient (Wildman–Crippen LogP) is 15.6. The SMILES string of the molecule is C\C=C/C=C1\C=C\C2CCCC(C2)c2cccc(c2)-c2cc(-c3cccc(-c4cccc(-c5ccccc5)c4)c3)cc(c2)-c2cccc(c2)C2CCCC1C2. The normalized spacial score (nSPS) is 22.2. The monoisotopic (exact) mass is 712 g/mol. The van der Waals surface area contributed by atoms with Gasteiger partial charge in [0.2, 0.25) is 0 Å². The molecule has 0 amide bonds. The van der Waals surface area contributed by atoms with Crippen molar-refractivity contribution in [3.05, 3.63) is 193 Å². The molecule has 0 radical (unpaired) electrons. The van der Waals surface area contributed by atoms with Gasteiger partial charge in [-0.25, -0.2) is 0 Å². The summed E-state index contributed by atoms with van der Waals surface area (Å²) in [6, 6.07) is 55.2. The van der Waals surface area contributed by atoms with Gasteiger partial charge in [0.15, 0.2) is 0 Å². The van der Waals surface area contributed by atoms with Crippen molar-refractivity contribution in [1.82, 2.24) is 0 Å². The molecule has 10 bridgehead atoms. The first kappa shape index (κ1) is 35.3. The quantitative estimate of drug-likeness (QED) is 0.171. The van der Waals surface area contributed by atoms with Gasteiger partial charge >= 0.3 is 0 Å². The molecule has 2 fully saturated rings. The van der Waals surface area contributed by atoms with Gasteiger partial charge in [-0.15, -0.1) is 0 Å². The Balaban J connectivity index is 1.16. The molecule has 0 spiro atoms. The van der Waals surface area contributed by atoms with Crippen molar-refractivity contribution in [2.75, 3.05) is 0 Å². The first-order valence-electron chi connectivity index (χ1n) is 20.8. The van der Waals surface area contributed by atoms with Crippen LogP contribution in [0.25, 0.3) is 55.6 Å². The van der Waals surface area contributed by atoms with Crippen LogP contribution in [-0.4, -0.2) is 0 Å². The van der Waals surface area contributed by atoms with Crippen LogP contribution in [0.15, 0.2) is 182 Å². The zero-order chi connectivity index (χ0) is 37.0. The summed E-state index contributed by atoms with van der Waals surface area (Å²) in [6.07, 6.45) is 22.1. The van der Waals surface area contributed by atoms with Gasteiger partial charge in [0.05, 0.1) is 0 Å². The molecule has 0 aliphatic heterocycles. The maximum atomic E-state index is 2.58. The van der Waals surface area contributed by atoms with Crippen molar-refractivity contribution < 1.29 is 0 Å². The molecular formula is C55H52. The van der Waals surface area contributed by atoms with Crippen molar-refractivity contribution >= 4 is 0 Å². The summed E-state index contributed by atoms with van der Waals surface area (Å²) < 4.78 is 0. The van der Waals surface area contributed by atoms with Crippen LogP contribution in [0, 0.1) is 11.8 Å². The molecule has 4 unspecified atom stereocenters. The fourth-order valence-electron chi connectivity index (χ4n) is 9.74. The van der Waals surface area contributed by atoms with E-state index in [1.54, 1.807) is 0 Å². The third-order valence-electron chi connectivity index (χ3n) is 12.7. The summed E-state index contributed by atoms with van der Waals surface area (Å²) in [7, 11) is 0. The van der Waals surface area contributed by atoms with E-state index in [0.717, 1.165) is 0 Å². The number of hydrogen-bond acceptors (Lipinski definition) is 0. The third kappa shape index (κ3) is 7.88. The summed E-state index contributed by atoms with van der Waals surface area (Å²) in [6.45, 7) is 2.14. The van der Waals surface area contributed by atoms with Crippen LogP contribution in [0.4, 0.5) is 0 Å². The topological polar surface area (TPSA) is 0 Å². The molecule has 2 saturated carbocycles. The molecule has 55 heavy (non-hydrogen) atoms. The average molecular weight is 713 g/mol. The van der Waals surface area contributed by atoms with Crippen LogP contribution >= 0.6 is 0 Å². The molecule has 0 aromatic heterocycles. The maximum Gasteiger partial charge on any atom is -0.0156 e. The Hall–Kier alpha value is -5.46. The van der Waals surface area contributed by atoms with Crippen LogP contribution in [0.1, 0.15) is 81.3 Å². The first-order valence-corrected chi connectivity index (χ1v) is 20.8. The van der Waals surface area contributed by atoms with Gasteiger partial charge in [-0.1, -0.05) is 158 Å². The Kier molecular flexibility index (Phi) is 10.3. The van der Waals surface area contributed by atoms with E-state index in [9.17, 15) is 0 Å². The second kappa shape index (κ2) is 16.1. The minimum Gasteiger partial charge on any atom is -0.0877 e. The van der Waals surface area contributed by atoms with Crippen molar-refractivity contribution in [1.29, 1.82) is 0 Å². The summed E-state index contributed by atoms with van der Waals surface area (Å²) in [5, 5.41) is 0. The zero-order valence-corrected chi connectivity index (χ0v) is 32.2. The molecule has 0 N–H and O–H groups in total. The second-order valence-corrected chi connectivity index (χ2v) is 16.3. The van der Waals surface area contributed by atoms with Crippen LogP contribution in [0.5, 0.6) is 0 Å². The van der Waals surface area contributed by atoms with E-state index < -0.39 is 0 Å². The lowest BCUT2D eigenvalue weighted by atomic mass is 9.73. The lowest BCUT2D eigenvalue weighted by Crippen LogP contribution is -2.16. The Morgan fingerprint density at radius 1 is 0.418 bits per heavy atom. The number of allylic oxidation sites excluding steroid dienone is 6. The molecule has 3 aliphatic rings. The highest BCUT2D eigenvalue weighted by Gasteiger charge is 2.27. The van der Waals surface area contributed by atoms with Gasteiger partial charge in [-0.05, 0) is 172 Å². The highest BCUT2D eigenvalue weighted by Crippen LogP contribution is 2.44. The number of rotatable bonds is 4. The van der Waals surface area contributed by atoms with Crippen molar-refractivity contribution in [2.45, 2.75) is 70.1 Å². The van der Waals surface area contributed by atoms with Gasteiger partial charge in [0, 0.05) is 0 Å². The number of fused-ring (bicyclic) bond motifs is 14. The molecule has 272 valence electrons. The van der Waals surface area contributed by atoms with Crippen molar-refractivity contribution in [3.63, 3.8) is 0 Å². The lowest BCUT2D eigenvalue weighted by molar-refractivity contribution is 0.361. The highest BCUT2D eigenvalue weighted by molar-refractivity contribution is 5.84. The van der Waals surface area contributed by atoms with Gasteiger partial charge in [0.25, 0.3) is 0 Å². The van der Waals surface area contributed by atoms with E-state index in [-0.39, 0.29) is 0 Å². The van der Waals surface area contributed by atoms with E-state index >= 15 is 0 Å². The standard InChI is InChI=1S/C55H52/c1-2-3-14-41-29-28-39-13-7-17-42(30-39)45-20-10-25-50(33-45)53-36-54(38-55(37-53)52-27-12-24-49(35-52)47-22-9-19-44(41)32-47)51-26-11-23-48(34-51)46-21-8-18-43(31-46)40-15-5-4-6-16-40/h2-6,8,10-12,14-16,18,20-21,23-29,31,33-39,42,44,47H,7,9,13,17,19,22,30,32H2,1H3/b3-2-,29-28+,41-14+. The molecule has 0 heterocycles. The first-order chi connectivity index (χ1) is 27.2. The van der Waals surface area contributed by atoms with Gasteiger partial charge < -0.3 is 0 Å². The Morgan fingerprint density at radius 3 is 1.47 bits per heavy atom. The summed E-state index contributed by atoms with van der Waals surface area (Å²) >= 11 is 0. The second-order valence-electron chi connectivity index (χ2n) is 16.3. The molecule has 4 atom stereocenters. The van der Waals surface area contributed by atoms with E-state index in [2.05, 4.69) is 183 Å². The van der Waals surface area contributed by atoms with E-state index in [1.807, 2.05) is 0 Å². The smallest absolute Gasteiger partial charge is 0.0156 e. The number of hydrogen-bond donors (Lipinski definition) is 0. The molecule has 3 aliphatic carbocycles. The molecular weight excluding hydrogens is 661 g/mol. The summed E-state index contributed by atoms with van der Waals surface area (Å²) in [4.78, 5) is 0. The van der Waals surface area contributed by atoms with Crippen molar-refractivity contribution in [3.8, 4) is 55.6 Å². The summed E-state index contributed by atoms with van der Waals surface area (Å²) in [5.41, 5.74) is 17.2. The minimum absolute atomic E-state index is 0.571. The van der Waals surface area contributed by atoms with Gasteiger partial charge in [-0.3, -0.25) is 0 Å². The molecule has 9 rings (SSSR count). The average Bonchev–Trinajstić information content (AvgIpc) is 3.26. The maximum absolute atomic E-state index is 2.58. The fraction of sp³-hybridized carbons (Fsp3) is 0.236. The lowest BCUT2D eigenvalue weighted by Gasteiger charge is -2.31. The molecule has 6 aromatic rings. The molecule has 0 saturated heterocycles. The van der Waals surface area contributed by atoms with Crippen LogP contribution in [0.2, 0.25) is 0 Å². The largest absolute Gasteiger partial charge is 0.0877 e. The fourth-order valence-corrected chi connectivity index (χ4v) is 9.74. The van der Waals surface area contributed by atoms with Gasteiger partial charge in [-0.2, -0.15) is 0 Å². The third-order valence-corrected chi connectivity index (χ3v) is 12.7. The van der Waals surface area contributed by atoms with Crippen molar-refractivity contribution in [2.24, 2.45) is 11.8 Å². The predicted molar refractivity (Wildman–Crippen MR) is 235 cm³/mol. The number of benzene rings is 6. The van der Waals surface area contributed by atoms with E-state index in [1.165, 1.54) is 124 Å². The Labute approximate surface area is 329 Å².